The number of rotatable bonds is 8. The summed E-state index contributed by atoms with van der Waals surface area (Å²) in [4.78, 5) is 32.6. The number of allylic oxidation sites excluding steroid dienone is 1. The van der Waals surface area contributed by atoms with Gasteiger partial charge in [0, 0.05) is 34.2 Å². The molecule has 1 atom stereocenters. The predicted octanol–water partition coefficient (Wildman–Crippen LogP) is 5.85. The molecule has 0 radical (unpaired) electrons. The van der Waals surface area contributed by atoms with Crippen LogP contribution in [0, 0.1) is 0 Å². The van der Waals surface area contributed by atoms with Crippen LogP contribution in [0.4, 0.5) is 0 Å². The van der Waals surface area contributed by atoms with Gasteiger partial charge in [-0.25, -0.2) is 9.79 Å². The molecular weight excluding hydrogens is 582 g/mol. The molecule has 218 valence electrons. The minimum Gasteiger partial charge on any atom is -0.494 e. The molecule has 43 heavy (non-hydrogen) atoms. The summed E-state index contributed by atoms with van der Waals surface area (Å²) in [5, 5.41) is 1.73. The molecule has 6 rings (SSSR count). The Morgan fingerprint density at radius 1 is 1.02 bits per heavy atom. The normalized spacial score (nSPS) is 15.0. The van der Waals surface area contributed by atoms with E-state index in [1.807, 2.05) is 85.9 Å². The first-order chi connectivity index (χ1) is 20.9. The zero-order valence-electron chi connectivity index (χ0n) is 24.0. The summed E-state index contributed by atoms with van der Waals surface area (Å²) in [6.45, 7) is 6.82. The molecular formula is C34H30ClN3O4S. The number of thiazole rings is 1. The summed E-state index contributed by atoms with van der Waals surface area (Å²) in [6, 6.07) is 22.7. The number of benzene rings is 3. The molecule has 7 nitrogen and oxygen atoms in total. The van der Waals surface area contributed by atoms with Crippen molar-refractivity contribution in [2.75, 3.05) is 13.2 Å². The average Bonchev–Trinajstić information content (AvgIpc) is 3.50. The van der Waals surface area contributed by atoms with E-state index in [1.54, 1.807) is 18.4 Å². The first-order valence-electron chi connectivity index (χ1n) is 14.1. The van der Waals surface area contributed by atoms with Crippen LogP contribution in [0.25, 0.3) is 17.0 Å². The summed E-state index contributed by atoms with van der Waals surface area (Å²) in [5.74, 6) is 0.227. The van der Waals surface area contributed by atoms with E-state index in [0.29, 0.717) is 44.5 Å². The van der Waals surface area contributed by atoms with Gasteiger partial charge in [-0.2, -0.15) is 0 Å². The number of carbonyl (C=O) groups excluding carboxylic acids is 1. The van der Waals surface area contributed by atoms with Crippen molar-refractivity contribution >= 4 is 45.9 Å². The first-order valence-corrected chi connectivity index (χ1v) is 15.3. The Kier molecular flexibility index (Phi) is 8.06. The van der Waals surface area contributed by atoms with Crippen molar-refractivity contribution in [1.29, 1.82) is 0 Å². The van der Waals surface area contributed by atoms with E-state index in [-0.39, 0.29) is 12.2 Å². The Morgan fingerprint density at radius 2 is 1.77 bits per heavy atom. The van der Waals surface area contributed by atoms with Gasteiger partial charge < -0.3 is 14.0 Å². The maximum atomic E-state index is 14.1. The second-order valence-electron chi connectivity index (χ2n) is 10.1. The molecule has 2 aromatic heterocycles. The second-order valence-corrected chi connectivity index (χ2v) is 11.5. The van der Waals surface area contributed by atoms with Crippen molar-refractivity contribution in [3.05, 3.63) is 132 Å². The molecule has 0 bridgehead atoms. The molecule has 0 fully saturated rings. The second kappa shape index (κ2) is 12.1. The summed E-state index contributed by atoms with van der Waals surface area (Å²) in [6.07, 6.45) is 3.96. The zero-order chi connectivity index (χ0) is 30.1. The van der Waals surface area contributed by atoms with Gasteiger partial charge in [-0.15, -0.1) is 0 Å². The lowest BCUT2D eigenvalue weighted by Crippen LogP contribution is -2.39. The van der Waals surface area contributed by atoms with Crippen LogP contribution >= 0.6 is 22.9 Å². The number of carbonyl (C=O) groups is 1. The summed E-state index contributed by atoms with van der Waals surface area (Å²) in [7, 11) is 0. The van der Waals surface area contributed by atoms with E-state index < -0.39 is 12.0 Å². The van der Waals surface area contributed by atoms with Crippen molar-refractivity contribution < 1.29 is 14.3 Å². The van der Waals surface area contributed by atoms with Gasteiger partial charge in [0.2, 0.25) is 0 Å². The maximum absolute atomic E-state index is 14.1. The van der Waals surface area contributed by atoms with E-state index >= 15 is 0 Å². The van der Waals surface area contributed by atoms with Gasteiger partial charge >= 0.3 is 5.97 Å². The molecule has 0 saturated carbocycles. The predicted molar refractivity (Wildman–Crippen MR) is 171 cm³/mol. The minimum absolute atomic E-state index is 0.217. The highest BCUT2D eigenvalue weighted by Gasteiger charge is 2.33. The number of halogens is 1. The van der Waals surface area contributed by atoms with E-state index in [9.17, 15) is 9.59 Å². The lowest BCUT2D eigenvalue weighted by Gasteiger charge is -2.24. The topological polar surface area (TPSA) is 74.8 Å². The monoisotopic (exact) mass is 611 g/mol. The van der Waals surface area contributed by atoms with Crippen LogP contribution in [-0.4, -0.2) is 28.3 Å². The van der Waals surface area contributed by atoms with E-state index in [4.69, 9.17) is 26.1 Å². The molecule has 0 unspecified atom stereocenters. The Labute approximate surface area is 257 Å². The SMILES string of the molecule is CCOC(=O)C1=C(C)N=c2s/c(=C\c3cn(Cc4ccccc4Cl)c4ccccc34)c(=O)n2[C@@H]1c1ccc(OCC)cc1. The number of nitrogens with zero attached hydrogens (tertiary/aromatic N) is 3. The third kappa shape index (κ3) is 5.44. The van der Waals surface area contributed by atoms with Gasteiger partial charge in [-0.3, -0.25) is 9.36 Å². The van der Waals surface area contributed by atoms with E-state index in [2.05, 4.69) is 10.6 Å². The lowest BCUT2D eigenvalue weighted by atomic mass is 9.96. The highest BCUT2D eigenvalue weighted by Crippen LogP contribution is 2.32. The maximum Gasteiger partial charge on any atom is 0.338 e. The van der Waals surface area contributed by atoms with E-state index in [0.717, 1.165) is 27.6 Å². The number of fused-ring (bicyclic) bond motifs is 2. The van der Waals surface area contributed by atoms with Crippen LogP contribution in [0.2, 0.25) is 5.02 Å². The van der Waals surface area contributed by atoms with Crippen molar-refractivity contribution in [3.8, 4) is 5.75 Å². The number of esters is 1. The van der Waals surface area contributed by atoms with Crippen LogP contribution in [0.5, 0.6) is 5.75 Å². The number of aromatic nitrogens is 2. The van der Waals surface area contributed by atoms with E-state index in [1.165, 1.54) is 11.3 Å². The highest BCUT2D eigenvalue weighted by molar-refractivity contribution is 7.07. The van der Waals surface area contributed by atoms with Crippen LogP contribution in [0.15, 0.2) is 100 Å². The summed E-state index contributed by atoms with van der Waals surface area (Å²) < 4.78 is 15.3. The lowest BCUT2D eigenvalue weighted by molar-refractivity contribution is -0.139. The zero-order valence-corrected chi connectivity index (χ0v) is 25.6. The van der Waals surface area contributed by atoms with Crippen molar-refractivity contribution in [2.24, 2.45) is 4.99 Å². The fraction of sp³-hybridized carbons (Fsp3) is 0.206. The number of para-hydroxylation sites is 1. The quantitative estimate of drug-likeness (QED) is 0.206. The van der Waals surface area contributed by atoms with Crippen LogP contribution in [0.1, 0.15) is 43.5 Å². The van der Waals surface area contributed by atoms with Gasteiger partial charge in [-0.05, 0) is 62.2 Å². The van der Waals surface area contributed by atoms with Gasteiger partial charge in [0.05, 0.1) is 35.1 Å². The Bertz CT molecular complexity index is 2050. The molecule has 0 spiro atoms. The smallest absolute Gasteiger partial charge is 0.338 e. The molecule has 1 aliphatic rings. The van der Waals surface area contributed by atoms with Crippen molar-refractivity contribution in [1.82, 2.24) is 9.13 Å². The molecule has 0 N–H and O–H groups in total. The van der Waals surface area contributed by atoms with Gasteiger partial charge in [0.1, 0.15) is 5.75 Å². The summed E-state index contributed by atoms with van der Waals surface area (Å²) >= 11 is 7.79. The molecule has 0 saturated heterocycles. The summed E-state index contributed by atoms with van der Waals surface area (Å²) in [5.41, 5.74) is 4.38. The first kappa shape index (κ1) is 28.7. The average molecular weight is 612 g/mol. The molecule has 0 aliphatic carbocycles. The number of hydrogen-bond acceptors (Lipinski definition) is 6. The third-order valence-corrected chi connectivity index (χ3v) is 8.78. The largest absolute Gasteiger partial charge is 0.494 e. The Balaban J connectivity index is 1.50. The van der Waals surface area contributed by atoms with Crippen molar-refractivity contribution in [2.45, 2.75) is 33.4 Å². The van der Waals surface area contributed by atoms with Gasteiger partial charge in [-0.1, -0.05) is 71.5 Å². The molecule has 0 amide bonds. The Hall–Kier alpha value is -4.40. The van der Waals surface area contributed by atoms with Crippen molar-refractivity contribution in [3.63, 3.8) is 0 Å². The van der Waals surface area contributed by atoms with Crippen LogP contribution in [-0.2, 0) is 16.1 Å². The minimum atomic E-state index is -0.685. The molecule has 9 heteroatoms. The fourth-order valence-corrected chi connectivity index (χ4v) is 6.73. The van der Waals surface area contributed by atoms with Crippen LogP contribution in [0.3, 0.4) is 0 Å². The molecule has 3 heterocycles. The standard InChI is InChI=1S/C34H30ClN3O4S/c1-4-41-25-16-14-22(15-17-25)31-30(33(40)42-5-2)21(3)36-34-38(31)32(39)29(43-34)18-24-20-37(28-13-9-7-11-26(24)28)19-23-10-6-8-12-27(23)35/h6-18,20,31H,4-5,19H2,1-3H3/b29-18-/t31-/m1/s1. The third-order valence-electron chi connectivity index (χ3n) is 7.43. The van der Waals surface area contributed by atoms with Gasteiger partial charge in [0.25, 0.3) is 5.56 Å². The molecule has 5 aromatic rings. The number of ether oxygens (including phenoxy) is 2. The van der Waals surface area contributed by atoms with Gasteiger partial charge in [0.15, 0.2) is 4.80 Å². The number of hydrogen-bond donors (Lipinski definition) is 0. The molecule has 1 aliphatic heterocycles. The highest BCUT2D eigenvalue weighted by atomic mass is 35.5. The molecule has 3 aromatic carbocycles. The fourth-order valence-electron chi connectivity index (χ4n) is 5.49. The Morgan fingerprint density at radius 3 is 2.51 bits per heavy atom. The van der Waals surface area contributed by atoms with Crippen LogP contribution < -0.4 is 19.6 Å².